The van der Waals surface area contributed by atoms with Crippen LogP contribution in [-0.4, -0.2) is 51.7 Å². The van der Waals surface area contributed by atoms with Crippen LogP contribution in [-0.2, 0) is 5.41 Å². The monoisotopic (exact) mass is 300 g/mol. The second-order valence-electron chi connectivity index (χ2n) is 6.19. The Hall–Kier alpha value is -2.02. The standard InChI is InChI=1S/C15H20N6O/c1-16-12-11(17-6-7-18-12)13-19-14(22-20-13)15-4-2-8-21(10-15)9-3-5-15/h6-7H,2-5,8-10H2,1H3,(H,16,18). The van der Waals surface area contributed by atoms with Crippen molar-refractivity contribution in [3.8, 4) is 11.5 Å². The fraction of sp³-hybridized carbons (Fsp3) is 0.600. The number of nitrogens with zero attached hydrogens (tertiary/aromatic N) is 5. The first-order valence-electron chi connectivity index (χ1n) is 7.86. The van der Waals surface area contributed by atoms with Gasteiger partial charge in [0.15, 0.2) is 11.5 Å². The minimum Gasteiger partial charge on any atom is -0.371 e. The highest BCUT2D eigenvalue weighted by molar-refractivity contribution is 5.64. The summed E-state index contributed by atoms with van der Waals surface area (Å²) in [4.78, 5) is 15.8. The lowest BCUT2D eigenvalue weighted by Crippen LogP contribution is -2.50. The van der Waals surface area contributed by atoms with Crippen molar-refractivity contribution in [2.45, 2.75) is 31.1 Å². The van der Waals surface area contributed by atoms with E-state index in [9.17, 15) is 0 Å². The minimum atomic E-state index is 0.0315. The minimum absolute atomic E-state index is 0.0315. The number of piperidine rings is 2. The quantitative estimate of drug-likeness (QED) is 0.924. The maximum atomic E-state index is 5.65. The van der Waals surface area contributed by atoms with Gasteiger partial charge in [-0.05, 0) is 38.8 Å². The van der Waals surface area contributed by atoms with Gasteiger partial charge in [-0.15, -0.1) is 0 Å². The van der Waals surface area contributed by atoms with E-state index in [1.54, 1.807) is 12.4 Å². The molecule has 0 saturated carbocycles. The number of nitrogens with one attached hydrogen (secondary N) is 1. The highest BCUT2D eigenvalue weighted by Gasteiger charge is 2.44. The summed E-state index contributed by atoms with van der Waals surface area (Å²) in [7, 11) is 1.81. The molecule has 2 aliphatic heterocycles. The van der Waals surface area contributed by atoms with E-state index in [1.165, 1.54) is 25.9 Å². The molecule has 0 aromatic carbocycles. The third kappa shape index (κ3) is 2.16. The van der Waals surface area contributed by atoms with Crippen LogP contribution >= 0.6 is 0 Å². The van der Waals surface area contributed by atoms with E-state index in [-0.39, 0.29) is 5.41 Å². The first kappa shape index (κ1) is 13.6. The molecule has 0 aliphatic carbocycles. The molecule has 22 heavy (non-hydrogen) atoms. The van der Waals surface area contributed by atoms with E-state index in [1.807, 2.05) is 7.05 Å². The van der Waals surface area contributed by atoms with Crippen LogP contribution in [0.2, 0.25) is 0 Å². The molecule has 0 spiro atoms. The van der Waals surface area contributed by atoms with E-state index in [2.05, 4.69) is 30.3 Å². The van der Waals surface area contributed by atoms with Gasteiger partial charge in [-0.3, -0.25) is 0 Å². The maximum absolute atomic E-state index is 5.65. The third-order valence-corrected chi connectivity index (χ3v) is 4.81. The van der Waals surface area contributed by atoms with E-state index >= 15 is 0 Å². The molecule has 2 aromatic rings. The van der Waals surface area contributed by atoms with E-state index in [4.69, 9.17) is 4.52 Å². The molecule has 0 unspecified atom stereocenters. The first-order valence-corrected chi connectivity index (χ1v) is 7.86. The largest absolute Gasteiger partial charge is 0.371 e. The Morgan fingerprint density at radius 3 is 2.73 bits per heavy atom. The van der Waals surface area contributed by atoms with Gasteiger partial charge < -0.3 is 14.7 Å². The molecule has 0 radical (unpaired) electrons. The molecule has 1 N–H and O–H groups in total. The summed E-state index contributed by atoms with van der Waals surface area (Å²) >= 11 is 0. The Bertz CT molecular complexity index is 660. The summed E-state index contributed by atoms with van der Waals surface area (Å²) in [5, 5.41) is 7.19. The topological polar surface area (TPSA) is 80.0 Å². The van der Waals surface area contributed by atoms with E-state index in [0.717, 1.165) is 25.3 Å². The summed E-state index contributed by atoms with van der Waals surface area (Å²) in [5.41, 5.74) is 0.670. The summed E-state index contributed by atoms with van der Waals surface area (Å²) in [6.07, 6.45) is 7.95. The van der Waals surface area contributed by atoms with Crippen molar-refractivity contribution in [3.05, 3.63) is 18.3 Å². The number of rotatable bonds is 3. The zero-order valence-electron chi connectivity index (χ0n) is 12.7. The van der Waals surface area contributed by atoms with Crippen LogP contribution in [0.1, 0.15) is 31.6 Å². The van der Waals surface area contributed by atoms with Crippen molar-refractivity contribution in [2.75, 3.05) is 32.0 Å². The normalized spacial score (nSPS) is 27.6. The molecule has 7 heteroatoms. The highest BCUT2D eigenvalue weighted by Crippen LogP contribution is 2.41. The summed E-state index contributed by atoms with van der Waals surface area (Å²) in [6, 6.07) is 0. The summed E-state index contributed by atoms with van der Waals surface area (Å²) in [6.45, 7) is 3.42. The van der Waals surface area contributed by atoms with Crippen molar-refractivity contribution >= 4 is 5.82 Å². The molecule has 116 valence electrons. The summed E-state index contributed by atoms with van der Waals surface area (Å²) < 4.78 is 5.65. The molecule has 4 heterocycles. The average molecular weight is 300 g/mol. The van der Waals surface area contributed by atoms with Gasteiger partial charge in [0.1, 0.15) is 0 Å². The van der Waals surface area contributed by atoms with Gasteiger partial charge in [0, 0.05) is 26.0 Å². The number of hydrogen-bond donors (Lipinski definition) is 1. The van der Waals surface area contributed by atoms with Crippen LogP contribution in [0, 0.1) is 0 Å². The number of hydrogen-bond acceptors (Lipinski definition) is 7. The Balaban J connectivity index is 1.69. The van der Waals surface area contributed by atoms with Gasteiger partial charge >= 0.3 is 0 Å². The van der Waals surface area contributed by atoms with Crippen molar-refractivity contribution in [1.82, 2.24) is 25.0 Å². The zero-order valence-corrected chi connectivity index (χ0v) is 12.7. The molecule has 2 fully saturated rings. The van der Waals surface area contributed by atoms with Gasteiger partial charge in [-0.25, -0.2) is 9.97 Å². The lowest BCUT2D eigenvalue weighted by molar-refractivity contribution is 0.0711. The first-order chi connectivity index (χ1) is 10.8. The second kappa shape index (κ2) is 5.31. The predicted molar refractivity (Wildman–Crippen MR) is 81.5 cm³/mol. The van der Waals surface area contributed by atoms with Gasteiger partial charge in [-0.1, -0.05) is 5.16 Å². The van der Waals surface area contributed by atoms with Gasteiger partial charge in [0.2, 0.25) is 11.7 Å². The van der Waals surface area contributed by atoms with Crippen molar-refractivity contribution < 1.29 is 4.52 Å². The maximum Gasteiger partial charge on any atom is 0.234 e. The smallest absolute Gasteiger partial charge is 0.234 e. The highest BCUT2D eigenvalue weighted by atomic mass is 16.5. The lowest BCUT2D eigenvalue weighted by Gasteiger charge is -2.44. The van der Waals surface area contributed by atoms with E-state index < -0.39 is 0 Å². The Morgan fingerprint density at radius 2 is 1.95 bits per heavy atom. The van der Waals surface area contributed by atoms with Crippen molar-refractivity contribution in [2.24, 2.45) is 0 Å². The van der Waals surface area contributed by atoms with Crippen LogP contribution < -0.4 is 5.32 Å². The molecule has 4 rings (SSSR count). The predicted octanol–water partition coefficient (Wildman–Crippen LogP) is 1.70. The fourth-order valence-corrected chi connectivity index (χ4v) is 3.76. The Morgan fingerprint density at radius 1 is 1.18 bits per heavy atom. The molecule has 0 amide bonds. The lowest BCUT2D eigenvalue weighted by atomic mass is 9.73. The molecule has 2 saturated heterocycles. The summed E-state index contributed by atoms with van der Waals surface area (Å²) in [5.74, 6) is 1.95. The van der Waals surface area contributed by atoms with Crippen molar-refractivity contribution in [1.29, 1.82) is 0 Å². The Labute approximate surface area is 129 Å². The average Bonchev–Trinajstić information content (AvgIpc) is 3.05. The van der Waals surface area contributed by atoms with Crippen molar-refractivity contribution in [3.63, 3.8) is 0 Å². The van der Waals surface area contributed by atoms with Gasteiger partial charge in [0.25, 0.3) is 0 Å². The molecular weight excluding hydrogens is 280 g/mol. The fourth-order valence-electron chi connectivity index (χ4n) is 3.76. The Kier molecular flexibility index (Phi) is 3.29. The van der Waals surface area contributed by atoms with Gasteiger partial charge in [-0.2, -0.15) is 4.98 Å². The van der Waals surface area contributed by atoms with Crippen LogP contribution in [0.3, 0.4) is 0 Å². The molecular formula is C15H20N6O. The molecule has 2 aromatic heterocycles. The van der Waals surface area contributed by atoms with Crippen LogP contribution in [0.4, 0.5) is 5.82 Å². The van der Waals surface area contributed by atoms with Gasteiger partial charge in [0.05, 0.1) is 5.41 Å². The van der Waals surface area contributed by atoms with Crippen LogP contribution in [0.15, 0.2) is 16.9 Å². The van der Waals surface area contributed by atoms with Crippen LogP contribution in [0.25, 0.3) is 11.5 Å². The molecule has 0 atom stereocenters. The number of anilines is 1. The third-order valence-electron chi connectivity index (χ3n) is 4.81. The van der Waals surface area contributed by atoms with E-state index in [0.29, 0.717) is 17.3 Å². The molecule has 2 aliphatic rings. The second-order valence-corrected chi connectivity index (χ2v) is 6.19. The number of aromatic nitrogens is 4. The SMILES string of the molecule is CNc1nccnc1-c1noc(C23CCCN(CCC2)C3)n1. The zero-order chi connectivity index (χ0) is 15.0. The molecule has 7 nitrogen and oxygen atoms in total. The van der Waals surface area contributed by atoms with Crippen LogP contribution in [0.5, 0.6) is 0 Å². The number of fused-ring (bicyclic) bond motifs is 2. The molecule has 2 bridgehead atoms.